The van der Waals surface area contributed by atoms with Gasteiger partial charge in [0.25, 0.3) is 0 Å². The van der Waals surface area contributed by atoms with E-state index in [0.717, 1.165) is 0 Å². The van der Waals surface area contributed by atoms with Crippen molar-refractivity contribution < 1.29 is 9.34 Å². The molecule has 4 heteroatoms. The van der Waals surface area contributed by atoms with Crippen LogP contribution in [0.2, 0.25) is 6.22 Å². The Balaban J connectivity index is 2.54. The third-order valence-electron chi connectivity index (χ3n) is 0.337. The molecule has 0 unspecified atom stereocenters. The molecule has 0 atom stereocenters. The molecule has 0 radical (unpaired) electrons. The zero-order chi connectivity index (χ0) is 4.28. The summed E-state index contributed by atoms with van der Waals surface area (Å²) in [6.45, 7) is 0. The predicted octanol–water partition coefficient (Wildman–Crippen LogP) is -0.973. The van der Waals surface area contributed by atoms with Crippen molar-refractivity contribution in [1.82, 2.24) is 0 Å². The Morgan fingerprint density at radius 1 is 2.00 bits per heavy atom. The van der Waals surface area contributed by atoms with Crippen molar-refractivity contribution in [2.75, 3.05) is 0 Å². The van der Waals surface area contributed by atoms with Gasteiger partial charge in [-0.2, -0.15) is 0 Å². The minimum absolute atomic E-state index is 0.194. The van der Waals surface area contributed by atoms with Crippen LogP contribution in [0.15, 0.2) is 0 Å². The standard InChI is InChI=1S/CH5B2FO/c2-1-3(4)5/h5H,1-2H2. The fourth-order valence-corrected chi connectivity index (χ4v) is 0. The molecule has 1 N–H and O–H groups in total. The molecule has 0 bridgehead atoms. The molecule has 0 saturated heterocycles. The van der Waals surface area contributed by atoms with Gasteiger partial charge in [-0.05, 0) is 6.22 Å². The van der Waals surface area contributed by atoms with Crippen molar-refractivity contribution in [1.29, 1.82) is 0 Å². The molecule has 0 aliphatic carbocycles. The van der Waals surface area contributed by atoms with E-state index >= 15 is 0 Å². The molecule has 0 spiro atoms. The van der Waals surface area contributed by atoms with Crippen molar-refractivity contribution in [2.45, 2.75) is 6.22 Å². The molecule has 0 amide bonds. The molecule has 1 nitrogen and oxygen atoms in total. The number of hydrogen-bond donors (Lipinski definition) is 1. The summed E-state index contributed by atoms with van der Waals surface area (Å²) in [6, 6.07) is 0. The highest BCUT2D eigenvalue weighted by Crippen LogP contribution is 1.77. The zero-order valence-electron chi connectivity index (χ0n) is 3.11. The van der Waals surface area contributed by atoms with Gasteiger partial charge < -0.3 is 5.02 Å². The maximum Gasteiger partial charge on any atom is 0.488 e. The molecule has 28 valence electrons. The molecule has 5 heavy (non-hydrogen) atoms. The Bertz CT molecular complexity index is 23.6. The van der Waals surface area contributed by atoms with E-state index in [9.17, 15) is 4.32 Å². The number of rotatable bonds is 1. The van der Waals surface area contributed by atoms with E-state index in [2.05, 4.69) is 0 Å². The van der Waals surface area contributed by atoms with E-state index in [1.54, 1.807) is 7.85 Å². The SMILES string of the molecule is BCB(O)F. The fourth-order valence-electron chi connectivity index (χ4n) is 0. The highest BCUT2D eigenvalue weighted by molar-refractivity contribution is 6.52. The van der Waals surface area contributed by atoms with Crippen LogP contribution in [-0.2, 0) is 0 Å². The van der Waals surface area contributed by atoms with Gasteiger partial charge in [0.2, 0.25) is 0 Å². The van der Waals surface area contributed by atoms with E-state index < -0.39 is 7.19 Å². The van der Waals surface area contributed by atoms with Gasteiger partial charge in [0.05, 0.1) is 7.85 Å². The monoisotopic (exact) mass is 74.1 g/mol. The second-order valence-electron chi connectivity index (χ2n) is 0.843. The first-order chi connectivity index (χ1) is 2.27. The molecule has 0 aromatic rings. The lowest BCUT2D eigenvalue weighted by molar-refractivity contribution is 0.503. The quantitative estimate of drug-likeness (QED) is 0.396. The minimum Gasteiger partial charge on any atom is -0.424 e. The molecule has 0 aliphatic heterocycles. The summed E-state index contributed by atoms with van der Waals surface area (Å²) >= 11 is 0. The van der Waals surface area contributed by atoms with Gasteiger partial charge in [0, 0.05) is 0 Å². The molecule has 0 rings (SSSR count). The van der Waals surface area contributed by atoms with Crippen molar-refractivity contribution in [3.8, 4) is 0 Å². The van der Waals surface area contributed by atoms with Crippen LogP contribution < -0.4 is 0 Å². The van der Waals surface area contributed by atoms with E-state index in [1.807, 2.05) is 0 Å². The molecule has 0 aliphatic rings. The van der Waals surface area contributed by atoms with E-state index in [1.165, 1.54) is 0 Å². The van der Waals surface area contributed by atoms with Crippen LogP contribution in [0, 0.1) is 0 Å². The summed E-state index contributed by atoms with van der Waals surface area (Å²) in [7, 11) is -0.0417. The first-order valence-corrected chi connectivity index (χ1v) is 1.59. The van der Waals surface area contributed by atoms with E-state index in [-0.39, 0.29) is 6.22 Å². The lowest BCUT2D eigenvalue weighted by Gasteiger charge is -1.77. The van der Waals surface area contributed by atoms with E-state index in [0.29, 0.717) is 0 Å². The maximum absolute atomic E-state index is 11.0. The minimum atomic E-state index is -1.62. The molecule has 0 heterocycles. The van der Waals surface area contributed by atoms with Crippen molar-refractivity contribution >= 4 is 15.0 Å². The van der Waals surface area contributed by atoms with Crippen LogP contribution in [0.3, 0.4) is 0 Å². The summed E-state index contributed by atoms with van der Waals surface area (Å²) in [4.78, 5) is 0. The van der Waals surface area contributed by atoms with Gasteiger partial charge >= 0.3 is 7.19 Å². The Hall–Kier alpha value is 0.0199. The third kappa shape index (κ3) is 4.02. The van der Waals surface area contributed by atoms with Crippen LogP contribution in [-0.4, -0.2) is 20.1 Å². The maximum atomic E-state index is 11.0. The highest BCUT2D eigenvalue weighted by Gasteiger charge is 2.00. The van der Waals surface area contributed by atoms with Gasteiger partial charge in [0.15, 0.2) is 0 Å². The lowest BCUT2D eigenvalue weighted by atomic mass is 9.77. The molecule has 0 fully saturated rings. The molecule has 0 aromatic carbocycles. The lowest BCUT2D eigenvalue weighted by Crippen LogP contribution is -2.00. The summed E-state index contributed by atoms with van der Waals surface area (Å²) in [5.41, 5.74) is 0. The molecular formula is CH5B2FO. The van der Waals surface area contributed by atoms with Gasteiger partial charge in [0.1, 0.15) is 0 Å². The topological polar surface area (TPSA) is 20.2 Å². The third-order valence-corrected chi connectivity index (χ3v) is 0.337. The second kappa shape index (κ2) is 2.27. The molecule has 0 saturated carbocycles. The van der Waals surface area contributed by atoms with E-state index in [4.69, 9.17) is 5.02 Å². The van der Waals surface area contributed by atoms with Gasteiger partial charge in [-0.15, -0.1) is 0 Å². The largest absolute Gasteiger partial charge is 0.488 e. The second-order valence-corrected chi connectivity index (χ2v) is 0.843. The van der Waals surface area contributed by atoms with Crippen molar-refractivity contribution in [3.63, 3.8) is 0 Å². The van der Waals surface area contributed by atoms with Gasteiger partial charge in [-0.1, -0.05) is 0 Å². The Morgan fingerprint density at radius 3 is 2.20 bits per heavy atom. The van der Waals surface area contributed by atoms with Gasteiger partial charge in [-0.3, -0.25) is 4.32 Å². The smallest absolute Gasteiger partial charge is 0.424 e. The Labute approximate surface area is 31.8 Å². The predicted molar refractivity (Wildman–Crippen MR) is 22.4 cm³/mol. The summed E-state index contributed by atoms with van der Waals surface area (Å²) in [5.74, 6) is 0. The van der Waals surface area contributed by atoms with Crippen LogP contribution in [0.5, 0.6) is 0 Å². The number of halogens is 1. The van der Waals surface area contributed by atoms with Crippen molar-refractivity contribution in [2.24, 2.45) is 0 Å². The Morgan fingerprint density at radius 2 is 2.20 bits per heavy atom. The average molecular weight is 73.7 g/mol. The summed E-state index contributed by atoms with van der Waals surface area (Å²) in [6.07, 6.45) is 0.194. The van der Waals surface area contributed by atoms with Crippen molar-refractivity contribution in [3.05, 3.63) is 0 Å². The van der Waals surface area contributed by atoms with Crippen LogP contribution in [0.4, 0.5) is 4.32 Å². The molecule has 0 aromatic heterocycles. The number of hydrogen-bond acceptors (Lipinski definition) is 1. The molecular weight excluding hydrogens is 68.6 g/mol. The first-order valence-electron chi connectivity index (χ1n) is 1.59. The highest BCUT2D eigenvalue weighted by atomic mass is 19.1. The summed E-state index contributed by atoms with van der Waals surface area (Å²) in [5, 5.41) is 7.69. The van der Waals surface area contributed by atoms with Crippen LogP contribution in [0.1, 0.15) is 0 Å². The van der Waals surface area contributed by atoms with Crippen LogP contribution in [0.25, 0.3) is 0 Å². The normalized spacial score (nSPS) is 7.60. The van der Waals surface area contributed by atoms with Gasteiger partial charge in [-0.25, -0.2) is 0 Å². The average Bonchev–Trinajstić information content (AvgIpc) is 1.38. The summed E-state index contributed by atoms with van der Waals surface area (Å²) < 4.78 is 11.0. The Kier molecular flexibility index (Phi) is 2.28. The van der Waals surface area contributed by atoms with Crippen LogP contribution >= 0.6 is 0 Å². The fraction of sp³-hybridized carbons (Fsp3) is 1.00. The first kappa shape index (κ1) is 5.02. The zero-order valence-corrected chi connectivity index (χ0v) is 3.11.